The van der Waals surface area contributed by atoms with Gasteiger partial charge >= 0.3 is 0 Å². The molecule has 1 saturated carbocycles. The van der Waals surface area contributed by atoms with Crippen LogP contribution in [0, 0.1) is 11.8 Å². The van der Waals surface area contributed by atoms with Crippen LogP contribution in [0.4, 0.5) is 5.69 Å². The quantitative estimate of drug-likeness (QED) is 0.896. The highest BCUT2D eigenvalue weighted by Crippen LogP contribution is 2.37. The van der Waals surface area contributed by atoms with Crippen molar-refractivity contribution in [3.05, 3.63) is 28.2 Å². The van der Waals surface area contributed by atoms with Gasteiger partial charge in [0.25, 0.3) is 0 Å². The minimum atomic E-state index is -0.203. The molecule has 1 heterocycles. The van der Waals surface area contributed by atoms with Crippen molar-refractivity contribution in [1.82, 2.24) is 4.90 Å². The maximum absolute atomic E-state index is 12.1. The number of carbonyl (C=O) groups excluding carboxylic acids is 1. The van der Waals surface area contributed by atoms with E-state index in [1.807, 2.05) is 0 Å². The molecule has 3 unspecified atom stereocenters. The van der Waals surface area contributed by atoms with Gasteiger partial charge in [-0.3, -0.25) is 9.69 Å². The number of fused-ring (bicyclic) bond motifs is 1. The summed E-state index contributed by atoms with van der Waals surface area (Å²) in [6.07, 6.45) is 1.75. The number of hydrogen-bond acceptors (Lipinski definition) is 3. The molecular formula is C15H18Cl2N2O2. The van der Waals surface area contributed by atoms with E-state index in [0.717, 1.165) is 25.9 Å². The topological polar surface area (TPSA) is 52.6 Å². The van der Waals surface area contributed by atoms with Crippen molar-refractivity contribution in [2.45, 2.75) is 18.9 Å². The predicted octanol–water partition coefficient (Wildman–Crippen LogP) is 2.63. The summed E-state index contributed by atoms with van der Waals surface area (Å²) in [5.41, 5.74) is 0.536. The molecule has 1 aromatic rings. The van der Waals surface area contributed by atoms with Crippen molar-refractivity contribution < 1.29 is 9.90 Å². The number of halogens is 2. The van der Waals surface area contributed by atoms with Crippen LogP contribution < -0.4 is 5.32 Å². The Morgan fingerprint density at radius 3 is 2.90 bits per heavy atom. The first kappa shape index (κ1) is 15.1. The Kier molecular flexibility index (Phi) is 4.41. The van der Waals surface area contributed by atoms with Crippen LogP contribution in [-0.4, -0.2) is 41.7 Å². The largest absolute Gasteiger partial charge is 0.393 e. The van der Waals surface area contributed by atoms with Gasteiger partial charge in [0, 0.05) is 24.0 Å². The summed E-state index contributed by atoms with van der Waals surface area (Å²) in [4.78, 5) is 14.2. The molecule has 2 aliphatic rings. The van der Waals surface area contributed by atoms with Crippen molar-refractivity contribution in [2.75, 3.05) is 25.0 Å². The number of nitrogens with zero attached hydrogens (tertiary/aromatic N) is 1. The van der Waals surface area contributed by atoms with Crippen LogP contribution in [0.5, 0.6) is 0 Å². The van der Waals surface area contributed by atoms with E-state index in [1.165, 1.54) is 0 Å². The fourth-order valence-electron chi connectivity index (χ4n) is 3.44. The van der Waals surface area contributed by atoms with Crippen molar-refractivity contribution in [3.63, 3.8) is 0 Å². The molecular weight excluding hydrogens is 311 g/mol. The average molecular weight is 329 g/mol. The van der Waals surface area contributed by atoms with Crippen LogP contribution in [0.25, 0.3) is 0 Å². The molecule has 1 aromatic carbocycles. The van der Waals surface area contributed by atoms with Crippen molar-refractivity contribution >= 4 is 34.8 Å². The highest BCUT2D eigenvalue weighted by molar-refractivity contribution is 6.35. The molecule has 0 radical (unpaired) electrons. The Labute approximate surface area is 134 Å². The molecule has 1 saturated heterocycles. The summed E-state index contributed by atoms with van der Waals surface area (Å²) in [6, 6.07) is 4.99. The Morgan fingerprint density at radius 1 is 1.33 bits per heavy atom. The fraction of sp³-hybridized carbons (Fsp3) is 0.533. The Bertz CT molecular complexity index is 552. The van der Waals surface area contributed by atoms with E-state index in [4.69, 9.17) is 23.2 Å². The van der Waals surface area contributed by atoms with E-state index in [1.54, 1.807) is 18.2 Å². The normalized spacial score (nSPS) is 28.6. The lowest BCUT2D eigenvalue weighted by Gasteiger charge is -2.17. The molecule has 1 aliphatic heterocycles. The van der Waals surface area contributed by atoms with Gasteiger partial charge in [-0.15, -0.1) is 0 Å². The first-order valence-electron chi connectivity index (χ1n) is 7.18. The summed E-state index contributed by atoms with van der Waals surface area (Å²) >= 11 is 11.9. The third-order valence-electron chi connectivity index (χ3n) is 4.46. The van der Waals surface area contributed by atoms with Gasteiger partial charge in [-0.2, -0.15) is 0 Å². The maximum atomic E-state index is 12.1. The smallest absolute Gasteiger partial charge is 0.238 e. The van der Waals surface area contributed by atoms with E-state index in [2.05, 4.69) is 10.2 Å². The second-order valence-corrected chi connectivity index (χ2v) is 6.78. The number of aliphatic hydroxyl groups is 1. The average Bonchev–Trinajstić information content (AvgIpc) is 2.96. The molecule has 4 nitrogen and oxygen atoms in total. The number of anilines is 1. The molecule has 1 aliphatic carbocycles. The van der Waals surface area contributed by atoms with Crippen LogP contribution in [0.1, 0.15) is 12.8 Å². The highest BCUT2D eigenvalue weighted by atomic mass is 35.5. The van der Waals surface area contributed by atoms with E-state index in [-0.39, 0.29) is 12.0 Å². The molecule has 2 N–H and O–H groups in total. The van der Waals surface area contributed by atoms with E-state index in [9.17, 15) is 9.90 Å². The number of amides is 1. The zero-order valence-corrected chi connectivity index (χ0v) is 13.1. The Morgan fingerprint density at radius 2 is 2.14 bits per heavy atom. The van der Waals surface area contributed by atoms with Gasteiger partial charge < -0.3 is 10.4 Å². The van der Waals surface area contributed by atoms with Gasteiger partial charge in [-0.05, 0) is 37.0 Å². The molecule has 3 rings (SSSR count). The zero-order chi connectivity index (χ0) is 15.0. The van der Waals surface area contributed by atoms with Crippen molar-refractivity contribution in [2.24, 2.45) is 11.8 Å². The van der Waals surface area contributed by atoms with Gasteiger partial charge in [-0.1, -0.05) is 23.2 Å². The molecule has 114 valence electrons. The number of rotatable bonds is 3. The summed E-state index contributed by atoms with van der Waals surface area (Å²) in [5, 5.41) is 13.7. The lowest BCUT2D eigenvalue weighted by molar-refractivity contribution is -0.117. The van der Waals surface area contributed by atoms with E-state index >= 15 is 0 Å². The minimum absolute atomic E-state index is 0.103. The molecule has 0 spiro atoms. The molecule has 0 bridgehead atoms. The van der Waals surface area contributed by atoms with Crippen LogP contribution in [-0.2, 0) is 4.79 Å². The minimum Gasteiger partial charge on any atom is -0.393 e. The summed E-state index contributed by atoms with van der Waals surface area (Å²) < 4.78 is 0. The lowest BCUT2D eigenvalue weighted by atomic mass is 10.00. The standard InChI is InChI=1S/C15H18Cl2N2O2/c16-10-2-3-12(17)13(5-10)18-15(21)8-19-6-9-1-4-14(20)11(9)7-19/h2-3,5,9,11,14,20H,1,4,6-8H2,(H,18,21). The number of aliphatic hydroxyl groups excluding tert-OH is 1. The molecule has 6 heteroatoms. The van der Waals surface area contributed by atoms with Gasteiger partial charge in [0.15, 0.2) is 0 Å². The third kappa shape index (κ3) is 3.34. The number of benzene rings is 1. The van der Waals surface area contributed by atoms with Gasteiger partial charge in [0.1, 0.15) is 0 Å². The van der Waals surface area contributed by atoms with Crippen LogP contribution in [0.3, 0.4) is 0 Å². The van der Waals surface area contributed by atoms with Crippen molar-refractivity contribution in [3.8, 4) is 0 Å². The summed E-state index contributed by atoms with van der Waals surface area (Å²) in [6.45, 7) is 2.00. The SMILES string of the molecule is O=C(CN1CC2CCC(O)C2C1)Nc1cc(Cl)ccc1Cl. The number of carbonyl (C=O) groups is 1. The summed E-state index contributed by atoms with van der Waals surface area (Å²) in [5.74, 6) is 0.753. The summed E-state index contributed by atoms with van der Waals surface area (Å²) in [7, 11) is 0. The molecule has 1 amide bonds. The number of nitrogens with one attached hydrogen (secondary N) is 1. The third-order valence-corrected chi connectivity index (χ3v) is 5.03. The second-order valence-electron chi connectivity index (χ2n) is 5.94. The number of likely N-dealkylation sites (tertiary alicyclic amines) is 1. The van der Waals surface area contributed by atoms with E-state index < -0.39 is 0 Å². The first-order valence-corrected chi connectivity index (χ1v) is 7.94. The molecule has 0 aromatic heterocycles. The molecule has 3 atom stereocenters. The van der Waals surface area contributed by atoms with Crippen LogP contribution in [0.15, 0.2) is 18.2 Å². The first-order chi connectivity index (χ1) is 10.0. The van der Waals surface area contributed by atoms with Crippen LogP contribution >= 0.6 is 23.2 Å². The predicted molar refractivity (Wildman–Crippen MR) is 83.8 cm³/mol. The zero-order valence-electron chi connectivity index (χ0n) is 11.6. The Balaban J connectivity index is 1.57. The maximum Gasteiger partial charge on any atom is 0.238 e. The van der Waals surface area contributed by atoms with Crippen molar-refractivity contribution in [1.29, 1.82) is 0 Å². The molecule has 2 fully saturated rings. The van der Waals surface area contributed by atoms with Crippen LogP contribution in [0.2, 0.25) is 10.0 Å². The molecule has 21 heavy (non-hydrogen) atoms. The van der Waals surface area contributed by atoms with Gasteiger partial charge in [-0.25, -0.2) is 0 Å². The Hall–Kier alpha value is -0.810. The van der Waals surface area contributed by atoms with Gasteiger partial charge in [0.05, 0.1) is 23.4 Å². The fourth-order valence-corrected chi connectivity index (χ4v) is 3.78. The number of hydrogen-bond donors (Lipinski definition) is 2. The second kappa shape index (κ2) is 6.13. The monoisotopic (exact) mass is 328 g/mol. The lowest BCUT2D eigenvalue weighted by Crippen LogP contribution is -2.33. The van der Waals surface area contributed by atoms with E-state index in [0.29, 0.717) is 34.1 Å². The van der Waals surface area contributed by atoms with Gasteiger partial charge in [0.2, 0.25) is 5.91 Å². The highest BCUT2D eigenvalue weighted by Gasteiger charge is 2.42.